The van der Waals surface area contributed by atoms with Gasteiger partial charge in [0.1, 0.15) is 0 Å². The third-order valence-electron chi connectivity index (χ3n) is 2.67. The Kier molecular flexibility index (Phi) is 8.94. The van der Waals surface area contributed by atoms with Gasteiger partial charge in [0.05, 0.1) is 0 Å². The lowest BCUT2D eigenvalue weighted by Gasteiger charge is -2.30. The van der Waals surface area contributed by atoms with E-state index in [9.17, 15) is 0 Å². The van der Waals surface area contributed by atoms with Crippen molar-refractivity contribution in [1.29, 1.82) is 0 Å². The van der Waals surface area contributed by atoms with Crippen LogP contribution >= 0.6 is 15.9 Å². The molecule has 86 valence electrons. The first-order valence-electron chi connectivity index (χ1n) is 5.60. The van der Waals surface area contributed by atoms with Crippen molar-refractivity contribution in [3.05, 3.63) is 0 Å². The molecule has 0 fully saturated rings. The van der Waals surface area contributed by atoms with Crippen LogP contribution in [0.5, 0.6) is 0 Å². The van der Waals surface area contributed by atoms with E-state index in [1.807, 2.05) is 0 Å². The van der Waals surface area contributed by atoms with Crippen LogP contribution in [0.3, 0.4) is 0 Å². The third kappa shape index (κ3) is 5.99. The molecule has 0 aliphatic rings. The average Bonchev–Trinajstić information content (AvgIpc) is 2.15. The topological polar surface area (TPSA) is 6.48 Å². The molecule has 0 spiro atoms. The van der Waals surface area contributed by atoms with E-state index in [4.69, 9.17) is 0 Å². The average molecular weight is 265 g/mol. The van der Waals surface area contributed by atoms with E-state index in [0.29, 0.717) is 0 Å². The van der Waals surface area contributed by atoms with Gasteiger partial charge in [0.25, 0.3) is 0 Å². The zero-order valence-electron chi connectivity index (χ0n) is 10.1. The molecule has 0 saturated heterocycles. The van der Waals surface area contributed by atoms with Crippen molar-refractivity contribution in [3.63, 3.8) is 0 Å². The van der Waals surface area contributed by atoms with Gasteiger partial charge in [-0.2, -0.15) is 0 Å². The quantitative estimate of drug-likeness (QED) is 0.622. The molecule has 0 amide bonds. The summed E-state index contributed by atoms with van der Waals surface area (Å²) < 4.78 is 0. The fourth-order valence-corrected chi connectivity index (χ4v) is 2.17. The molecule has 2 nitrogen and oxygen atoms in total. The molecule has 0 aromatic rings. The molecule has 0 saturated carbocycles. The Morgan fingerprint density at radius 1 is 1.00 bits per heavy atom. The highest BCUT2D eigenvalue weighted by Gasteiger charge is 2.13. The zero-order chi connectivity index (χ0) is 11.0. The molecule has 0 aromatic heterocycles. The lowest BCUT2D eigenvalue weighted by molar-refractivity contribution is 0.179. The van der Waals surface area contributed by atoms with Crippen LogP contribution in [0.2, 0.25) is 0 Å². The van der Waals surface area contributed by atoms with Gasteiger partial charge in [-0.25, -0.2) is 0 Å². The van der Waals surface area contributed by atoms with Crippen LogP contribution in [-0.4, -0.2) is 54.9 Å². The first-order valence-corrected chi connectivity index (χ1v) is 6.72. The van der Waals surface area contributed by atoms with Crippen molar-refractivity contribution >= 4 is 15.9 Å². The molecule has 0 aromatic carbocycles. The Morgan fingerprint density at radius 2 is 1.57 bits per heavy atom. The summed E-state index contributed by atoms with van der Waals surface area (Å²) in [5, 5.41) is 1.08. The molecule has 0 unspecified atom stereocenters. The summed E-state index contributed by atoms with van der Waals surface area (Å²) in [5.74, 6) is 0. The number of hydrogen-bond donors (Lipinski definition) is 0. The predicted molar refractivity (Wildman–Crippen MR) is 68.3 cm³/mol. The van der Waals surface area contributed by atoms with Gasteiger partial charge in [0, 0.05) is 31.0 Å². The SMILES string of the molecule is CCC(CC)N(CCBr)CCN(C)C. The maximum absolute atomic E-state index is 3.53. The minimum Gasteiger partial charge on any atom is -0.308 e. The molecule has 0 radical (unpaired) electrons. The van der Waals surface area contributed by atoms with Crippen LogP contribution in [0.1, 0.15) is 26.7 Å². The number of hydrogen-bond acceptors (Lipinski definition) is 2. The van der Waals surface area contributed by atoms with Gasteiger partial charge in [-0.05, 0) is 26.9 Å². The highest BCUT2D eigenvalue weighted by Crippen LogP contribution is 2.08. The molecular weight excluding hydrogens is 240 g/mol. The Morgan fingerprint density at radius 3 is 1.93 bits per heavy atom. The highest BCUT2D eigenvalue weighted by molar-refractivity contribution is 9.09. The van der Waals surface area contributed by atoms with E-state index in [0.717, 1.165) is 17.9 Å². The second kappa shape index (κ2) is 8.69. The van der Waals surface area contributed by atoms with Gasteiger partial charge in [0.2, 0.25) is 0 Å². The number of likely N-dealkylation sites (N-methyl/N-ethyl adjacent to an activating group) is 1. The second-order valence-electron chi connectivity index (χ2n) is 4.00. The van der Waals surface area contributed by atoms with Crippen molar-refractivity contribution in [1.82, 2.24) is 9.80 Å². The van der Waals surface area contributed by atoms with Crippen molar-refractivity contribution in [2.45, 2.75) is 32.7 Å². The summed E-state index contributed by atoms with van der Waals surface area (Å²) in [7, 11) is 4.28. The summed E-state index contributed by atoms with van der Waals surface area (Å²) in [6, 6.07) is 0.757. The van der Waals surface area contributed by atoms with Gasteiger partial charge in [-0.1, -0.05) is 29.8 Å². The molecule has 0 aliphatic heterocycles. The van der Waals surface area contributed by atoms with Gasteiger partial charge in [-0.3, -0.25) is 4.90 Å². The summed E-state index contributed by atoms with van der Waals surface area (Å²) in [5.41, 5.74) is 0. The summed E-state index contributed by atoms with van der Waals surface area (Å²) in [6.45, 7) is 8.07. The van der Waals surface area contributed by atoms with Gasteiger partial charge in [-0.15, -0.1) is 0 Å². The standard InChI is InChI=1S/C11H25BrN2/c1-5-11(6-2)14(8-7-12)10-9-13(3)4/h11H,5-10H2,1-4H3. The van der Waals surface area contributed by atoms with E-state index in [1.54, 1.807) is 0 Å². The predicted octanol–water partition coefficient (Wildman–Crippen LogP) is 2.43. The largest absolute Gasteiger partial charge is 0.308 e. The molecule has 0 heterocycles. The van der Waals surface area contributed by atoms with Crippen LogP contribution in [0.25, 0.3) is 0 Å². The normalized spacial score (nSPS) is 12.0. The fourth-order valence-electron chi connectivity index (χ4n) is 1.72. The monoisotopic (exact) mass is 264 g/mol. The van der Waals surface area contributed by atoms with Gasteiger partial charge in [0.15, 0.2) is 0 Å². The van der Waals surface area contributed by atoms with Crippen LogP contribution in [-0.2, 0) is 0 Å². The summed E-state index contributed by atoms with van der Waals surface area (Å²) in [4.78, 5) is 4.85. The van der Waals surface area contributed by atoms with Gasteiger partial charge < -0.3 is 4.90 Å². The Balaban J connectivity index is 3.98. The Bertz CT molecular complexity index is 124. The number of nitrogens with zero attached hydrogens (tertiary/aromatic N) is 2. The van der Waals surface area contributed by atoms with Crippen molar-refractivity contribution in [3.8, 4) is 0 Å². The lowest BCUT2D eigenvalue weighted by Crippen LogP contribution is -2.40. The maximum atomic E-state index is 3.53. The fraction of sp³-hybridized carbons (Fsp3) is 1.00. The van der Waals surface area contributed by atoms with Crippen LogP contribution in [0, 0.1) is 0 Å². The zero-order valence-corrected chi connectivity index (χ0v) is 11.7. The van der Waals surface area contributed by atoms with Crippen molar-refractivity contribution in [2.24, 2.45) is 0 Å². The number of alkyl halides is 1. The number of rotatable bonds is 8. The van der Waals surface area contributed by atoms with Crippen molar-refractivity contribution in [2.75, 3.05) is 39.1 Å². The van der Waals surface area contributed by atoms with E-state index in [-0.39, 0.29) is 0 Å². The van der Waals surface area contributed by atoms with Gasteiger partial charge >= 0.3 is 0 Å². The van der Waals surface area contributed by atoms with E-state index in [2.05, 4.69) is 53.7 Å². The minimum atomic E-state index is 0.757. The summed E-state index contributed by atoms with van der Waals surface area (Å²) >= 11 is 3.53. The molecule has 14 heavy (non-hydrogen) atoms. The molecule has 0 atom stereocenters. The second-order valence-corrected chi connectivity index (χ2v) is 4.79. The number of halogens is 1. The lowest BCUT2D eigenvalue weighted by atomic mass is 10.1. The Hall–Kier alpha value is 0.400. The summed E-state index contributed by atoms with van der Waals surface area (Å²) in [6.07, 6.45) is 2.52. The molecule has 3 heteroatoms. The maximum Gasteiger partial charge on any atom is 0.0159 e. The minimum absolute atomic E-state index is 0.757. The molecular formula is C11H25BrN2. The van der Waals surface area contributed by atoms with Crippen molar-refractivity contribution < 1.29 is 0 Å². The van der Waals surface area contributed by atoms with E-state index in [1.165, 1.54) is 25.9 Å². The van der Waals surface area contributed by atoms with E-state index < -0.39 is 0 Å². The first kappa shape index (κ1) is 14.4. The van der Waals surface area contributed by atoms with E-state index >= 15 is 0 Å². The molecule has 0 rings (SSSR count). The smallest absolute Gasteiger partial charge is 0.0159 e. The highest BCUT2D eigenvalue weighted by atomic mass is 79.9. The Labute approximate surface area is 97.8 Å². The molecule has 0 N–H and O–H groups in total. The van der Waals surface area contributed by atoms with Crippen LogP contribution in [0.15, 0.2) is 0 Å². The molecule has 0 aliphatic carbocycles. The first-order chi connectivity index (χ1) is 6.65. The third-order valence-corrected chi connectivity index (χ3v) is 3.02. The van der Waals surface area contributed by atoms with Crippen LogP contribution < -0.4 is 0 Å². The molecule has 0 bridgehead atoms. The van der Waals surface area contributed by atoms with Crippen LogP contribution in [0.4, 0.5) is 0 Å².